The lowest BCUT2D eigenvalue weighted by Crippen LogP contribution is -2.15. The van der Waals surface area contributed by atoms with Gasteiger partial charge in [-0.25, -0.2) is 0 Å². The third-order valence-corrected chi connectivity index (χ3v) is 4.53. The number of hydrogen-bond donors (Lipinski definition) is 1. The molecule has 0 unspecified atom stereocenters. The molecule has 0 amide bonds. The highest BCUT2D eigenvalue weighted by Crippen LogP contribution is 2.58. The first-order valence-corrected chi connectivity index (χ1v) is 7.33. The lowest BCUT2D eigenvalue weighted by molar-refractivity contribution is 0.212. The minimum atomic E-state index is -3.39. The molecule has 0 aliphatic rings. The minimum Gasteiger partial charge on any atom is -0.314 e. The highest BCUT2D eigenvalue weighted by molar-refractivity contribution is 7.54. The molecule has 98 valence electrons. The predicted octanol–water partition coefficient (Wildman–Crippen LogP) is 2.78. The van der Waals surface area contributed by atoms with Gasteiger partial charge >= 0.3 is 7.60 Å². The maximum absolute atomic E-state index is 12.5. The Morgan fingerprint density at radius 1 is 1.39 bits per heavy atom. The van der Waals surface area contributed by atoms with Crippen LogP contribution in [0.4, 0.5) is 0 Å². The molecule has 0 fully saturated rings. The number of benzene rings is 1. The summed E-state index contributed by atoms with van der Waals surface area (Å²) in [6.45, 7) is 3.96. The van der Waals surface area contributed by atoms with Crippen molar-refractivity contribution in [3.63, 3.8) is 0 Å². The fourth-order valence-corrected chi connectivity index (χ4v) is 3.17. The summed E-state index contributed by atoms with van der Waals surface area (Å²) in [6, 6.07) is 8.65. The van der Waals surface area contributed by atoms with Gasteiger partial charge in [0.25, 0.3) is 0 Å². The standard InChI is InChI=1S/C12H17N2O3P/c1-3-16-18(15,17-4-2)12(14)11-7-5-6-10(8-11)9-13/h5-8,12H,3-4,14H2,1-2H3/t12-/m1/s1. The van der Waals surface area contributed by atoms with E-state index in [9.17, 15) is 4.57 Å². The fourth-order valence-electron chi connectivity index (χ4n) is 1.53. The average molecular weight is 268 g/mol. The van der Waals surface area contributed by atoms with Gasteiger partial charge in [-0.3, -0.25) is 4.57 Å². The van der Waals surface area contributed by atoms with E-state index in [0.717, 1.165) is 0 Å². The average Bonchev–Trinajstić information content (AvgIpc) is 2.38. The zero-order chi connectivity index (χ0) is 13.6. The molecule has 1 aromatic rings. The highest BCUT2D eigenvalue weighted by Gasteiger charge is 2.33. The van der Waals surface area contributed by atoms with Crippen molar-refractivity contribution in [1.82, 2.24) is 0 Å². The number of rotatable bonds is 6. The second kappa shape index (κ2) is 6.67. The third-order valence-electron chi connectivity index (χ3n) is 2.32. The Kier molecular flexibility index (Phi) is 5.52. The maximum Gasteiger partial charge on any atom is 0.351 e. The van der Waals surface area contributed by atoms with Crippen molar-refractivity contribution < 1.29 is 13.6 Å². The lowest BCUT2D eigenvalue weighted by atomic mass is 10.1. The Labute approximate surface area is 107 Å². The van der Waals surface area contributed by atoms with E-state index in [1.54, 1.807) is 38.1 Å². The van der Waals surface area contributed by atoms with Crippen LogP contribution in [0.5, 0.6) is 0 Å². The quantitative estimate of drug-likeness (QED) is 0.802. The summed E-state index contributed by atoms with van der Waals surface area (Å²) < 4.78 is 22.8. The first-order valence-electron chi connectivity index (χ1n) is 5.71. The minimum absolute atomic E-state index is 0.253. The largest absolute Gasteiger partial charge is 0.351 e. The highest BCUT2D eigenvalue weighted by atomic mass is 31.2. The normalized spacial score (nSPS) is 13.0. The summed E-state index contributed by atoms with van der Waals surface area (Å²) in [5.41, 5.74) is 6.98. The molecule has 0 radical (unpaired) electrons. The van der Waals surface area contributed by atoms with Crippen molar-refractivity contribution in [1.29, 1.82) is 5.26 Å². The van der Waals surface area contributed by atoms with E-state index in [1.807, 2.05) is 6.07 Å². The van der Waals surface area contributed by atoms with Crippen LogP contribution in [-0.4, -0.2) is 13.2 Å². The van der Waals surface area contributed by atoms with Crippen LogP contribution in [0.15, 0.2) is 24.3 Å². The molecule has 1 rings (SSSR count). The molecule has 5 nitrogen and oxygen atoms in total. The molecule has 0 bridgehead atoms. The zero-order valence-electron chi connectivity index (χ0n) is 10.5. The number of hydrogen-bond acceptors (Lipinski definition) is 5. The van der Waals surface area contributed by atoms with E-state index in [4.69, 9.17) is 20.0 Å². The first-order chi connectivity index (χ1) is 8.57. The summed E-state index contributed by atoms with van der Waals surface area (Å²) in [4.78, 5) is 0. The van der Waals surface area contributed by atoms with Crippen molar-refractivity contribution in [2.45, 2.75) is 19.6 Å². The van der Waals surface area contributed by atoms with E-state index in [-0.39, 0.29) is 13.2 Å². The van der Waals surface area contributed by atoms with Crippen LogP contribution in [0, 0.1) is 11.3 Å². The summed E-state index contributed by atoms with van der Waals surface area (Å²) in [5.74, 6) is -0.884. The topological polar surface area (TPSA) is 85.3 Å². The van der Waals surface area contributed by atoms with E-state index < -0.39 is 13.4 Å². The molecule has 1 atom stereocenters. The fraction of sp³-hybridized carbons (Fsp3) is 0.417. The van der Waals surface area contributed by atoms with Gasteiger partial charge in [0.2, 0.25) is 0 Å². The van der Waals surface area contributed by atoms with Crippen LogP contribution in [0.2, 0.25) is 0 Å². The van der Waals surface area contributed by atoms with Gasteiger partial charge in [0.1, 0.15) is 5.78 Å². The van der Waals surface area contributed by atoms with Crippen molar-refractivity contribution in [2.75, 3.05) is 13.2 Å². The summed E-state index contributed by atoms with van der Waals surface area (Å²) in [6.07, 6.45) is 0. The first kappa shape index (κ1) is 14.9. The predicted molar refractivity (Wildman–Crippen MR) is 68.9 cm³/mol. The Bertz CT molecular complexity index is 474. The molecule has 0 aromatic heterocycles. The Hall–Kier alpha value is -1.18. The Morgan fingerprint density at radius 2 is 2.00 bits per heavy atom. The van der Waals surface area contributed by atoms with Crippen LogP contribution in [0.1, 0.15) is 30.8 Å². The molecular formula is C12H17N2O3P. The van der Waals surface area contributed by atoms with Gasteiger partial charge in [0.05, 0.1) is 24.8 Å². The van der Waals surface area contributed by atoms with Gasteiger partial charge in [0, 0.05) is 0 Å². The second-order valence-corrected chi connectivity index (χ2v) is 5.71. The molecule has 6 heteroatoms. The number of nitrogens with zero attached hydrogens (tertiary/aromatic N) is 1. The van der Waals surface area contributed by atoms with E-state index in [0.29, 0.717) is 11.1 Å². The monoisotopic (exact) mass is 268 g/mol. The van der Waals surface area contributed by atoms with E-state index in [2.05, 4.69) is 0 Å². The molecule has 0 aliphatic carbocycles. The van der Waals surface area contributed by atoms with Crippen molar-refractivity contribution in [3.05, 3.63) is 35.4 Å². The molecule has 0 heterocycles. The van der Waals surface area contributed by atoms with Crippen LogP contribution in [-0.2, 0) is 13.6 Å². The summed E-state index contributed by atoms with van der Waals surface area (Å²) in [5, 5.41) is 8.83. The summed E-state index contributed by atoms with van der Waals surface area (Å²) in [7, 11) is -3.39. The van der Waals surface area contributed by atoms with Crippen molar-refractivity contribution >= 4 is 7.60 Å². The smallest absolute Gasteiger partial charge is 0.314 e. The summed E-state index contributed by atoms with van der Waals surface area (Å²) >= 11 is 0. The van der Waals surface area contributed by atoms with Crippen LogP contribution in [0.25, 0.3) is 0 Å². The van der Waals surface area contributed by atoms with Gasteiger partial charge in [-0.1, -0.05) is 12.1 Å². The number of nitriles is 1. The van der Waals surface area contributed by atoms with E-state index >= 15 is 0 Å². The van der Waals surface area contributed by atoms with Crippen LogP contribution in [0.3, 0.4) is 0 Å². The number of nitrogens with two attached hydrogens (primary N) is 1. The molecule has 18 heavy (non-hydrogen) atoms. The Morgan fingerprint density at radius 3 is 2.50 bits per heavy atom. The van der Waals surface area contributed by atoms with E-state index in [1.165, 1.54) is 0 Å². The maximum atomic E-state index is 12.5. The SMILES string of the molecule is CCOP(=O)(OCC)[C@@H](N)c1cccc(C#N)c1. The van der Waals surface area contributed by atoms with Crippen LogP contribution < -0.4 is 5.73 Å². The molecule has 0 spiro atoms. The van der Waals surface area contributed by atoms with Crippen molar-refractivity contribution in [3.8, 4) is 6.07 Å². The molecule has 2 N–H and O–H groups in total. The van der Waals surface area contributed by atoms with Gasteiger partial charge in [-0.05, 0) is 31.5 Å². The molecule has 1 aromatic carbocycles. The third kappa shape index (κ3) is 3.41. The second-order valence-electron chi connectivity index (χ2n) is 3.56. The molecular weight excluding hydrogens is 251 g/mol. The molecule has 0 saturated carbocycles. The van der Waals surface area contributed by atoms with Gasteiger partial charge in [-0.15, -0.1) is 0 Å². The Balaban J connectivity index is 3.05. The lowest BCUT2D eigenvalue weighted by Gasteiger charge is -2.23. The molecule has 0 saturated heterocycles. The van der Waals surface area contributed by atoms with Gasteiger partial charge in [-0.2, -0.15) is 5.26 Å². The van der Waals surface area contributed by atoms with Crippen LogP contribution >= 0.6 is 7.60 Å². The zero-order valence-corrected chi connectivity index (χ0v) is 11.4. The molecule has 0 aliphatic heterocycles. The van der Waals surface area contributed by atoms with Gasteiger partial charge in [0.15, 0.2) is 0 Å². The van der Waals surface area contributed by atoms with Gasteiger partial charge < -0.3 is 14.8 Å². The van der Waals surface area contributed by atoms with Crippen molar-refractivity contribution in [2.24, 2.45) is 5.73 Å².